The number of nitrogens with one attached hydrogen (secondary N) is 1. The summed E-state index contributed by atoms with van der Waals surface area (Å²) in [5.74, 6) is 0.956. The minimum Gasteiger partial charge on any atom is -0.493 e. The highest BCUT2D eigenvalue weighted by Gasteiger charge is 2.11. The summed E-state index contributed by atoms with van der Waals surface area (Å²) in [6.45, 7) is 3.87. The van der Waals surface area contributed by atoms with E-state index in [1.807, 2.05) is 44.2 Å². The van der Waals surface area contributed by atoms with Crippen LogP contribution in [-0.4, -0.2) is 25.3 Å². The molecule has 1 amide bonds. The predicted octanol–water partition coefficient (Wildman–Crippen LogP) is 3.85. The maximum absolute atomic E-state index is 12.1. The van der Waals surface area contributed by atoms with Crippen molar-refractivity contribution in [2.45, 2.75) is 20.0 Å². The van der Waals surface area contributed by atoms with Gasteiger partial charge >= 0.3 is 0 Å². The Bertz CT molecular complexity index is 745. The molecule has 0 spiro atoms. The Morgan fingerprint density at radius 2 is 2.00 bits per heavy atom. The van der Waals surface area contributed by atoms with Crippen molar-refractivity contribution in [2.24, 2.45) is 5.10 Å². The number of benzene rings is 2. The van der Waals surface area contributed by atoms with Crippen LogP contribution in [0.2, 0.25) is 0 Å². The lowest BCUT2D eigenvalue weighted by Gasteiger charge is -2.15. The Morgan fingerprint density at radius 3 is 2.67 bits per heavy atom. The van der Waals surface area contributed by atoms with E-state index in [1.165, 1.54) is 0 Å². The van der Waals surface area contributed by atoms with Crippen molar-refractivity contribution in [2.75, 3.05) is 7.11 Å². The molecule has 0 atom stereocenters. The fourth-order valence-corrected chi connectivity index (χ4v) is 2.55. The van der Waals surface area contributed by atoms with Gasteiger partial charge in [-0.2, -0.15) is 5.10 Å². The summed E-state index contributed by atoms with van der Waals surface area (Å²) >= 11 is 2.16. The second-order valence-corrected chi connectivity index (χ2v) is 6.50. The number of methoxy groups -OCH3 is 1. The second kappa shape index (κ2) is 8.68. The number of hydrazone groups is 1. The summed E-state index contributed by atoms with van der Waals surface area (Å²) in [7, 11) is 1.59. The lowest BCUT2D eigenvalue weighted by Crippen LogP contribution is -2.17. The van der Waals surface area contributed by atoms with Gasteiger partial charge in [0.2, 0.25) is 0 Å². The van der Waals surface area contributed by atoms with Gasteiger partial charge in [-0.15, -0.1) is 0 Å². The third-order valence-electron chi connectivity index (χ3n) is 3.04. The third-order valence-corrected chi connectivity index (χ3v) is 3.71. The molecule has 0 bridgehead atoms. The molecule has 0 unspecified atom stereocenters. The third kappa shape index (κ3) is 4.95. The summed E-state index contributed by atoms with van der Waals surface area (Å²) in [6, 6.07) is 12.8. The van der Waals surface area contributed by atoms with Crippen molar-refractivity contribution in [3.8, 4) is 11.5 Å². The number of hydrogen-bond donors (Lipinski definition) is 1. The molecule has 2 aromatic carbocycles. The number of nitrogens with zero attached hydrogens (tertiary/aromatic N) is 1. The van der Waals surface area contributed by atoms with Crippen molar-refractivity contribution in [3.05, 3.63) is 57.2 Å². The van der Waals surface area contributed by atoms with Crippen LogP contribution in [0.1, 0.15) is 29.8 Å². The van der Waals surface area contributed by atoms with E-state index in [9.17, 15) is 4.79 Å². The minimum absolute atomic E-state index is 0.00515. The first kappa shape index (κ1) is 18.3. The number of carbonyl (C=O) groups is 1. The second-order valence-electron chi connectivity index (χ2n) is 5.25. The first-order chi connectivity index (χ1) is 11.5. The van der Waals surface area contributed by atoms with Gasteiger partial charge < -0.3 is 9.47 Å². The molecule has 126 valence electrons. The molecule has 0 heterocycles. The maximum atomic E-state index is 12.1. The van der Waals surface area contributed by atoms with Crippen LogP contribution in [0, 0.1) is 3.57 Å². The number of amides is 1. The number of ether oxygens (including phenoxy) is 2. The standard InChI is InChI=1S/C18H19IN2O3/c1-12(2)24-17-14(7-5-9-16(17)23-3)11-20-21-18(22)13-6-4-8-15(19)10-13/h4-12H,1-3H3,(H,21,22)/b20-11-. The van der Waals surface area contributed by atoms with E-state index in [1.54, 1.807) is 25.5 Å². The van der Waals surface area contributed by atoms with Gasteiger partial charge in [-0.05, 0) is 66.8 Å². The average Bonchev–Trinajstić information content (AvgIpc) is 2.55. The van der Waals surface area contributed by atoms with Gasteiger partial charge in [-0.3, -0.25) is 4.79 Å². The van der Waals surface area contributed by atoms with Crippen LogP contribution in [0.3, 0.4) is 0 Å². The number of rotatable bonds is 6. The zero-order valence-electron chi connectivity index (χ0n) is 13.7. The zero-order valence-corrected chi connectivity index (χ0v) is 15.9. The molecule has 2 aromatic rings. The summed E-state index contributed by atoms with van der Waals surface area (Å²) < 4.78 is 12.1. The number of hydrogen-bond acceptors (Lipinski definition) is 4. The zero-order chi connectivity index (χ0) is 17.5. The molecule has 0 aromatic heterocycles. The van der Waals surface area contributed by atoms with Crippen molar-refractivity contribution < 1.29 is 14.3 Å². The molecule has 1 N–H and O–H groups in total. The molecule has 0 saturated carbocycles. The minimum atomic E-state index is -0.265. The monoisotopic (exact) mass is 438 g/mol. The molecule has 0 fully saturated rings. The fraction of sp³-hybridized carbons (Fsp3) is 0.222. The van der Waals surface area contributed by atoms with Crippen molar-refractivity contribution in [1.82, 2.24) is 5.43 Å². The van der Waals surface area contributed by atoms with Gasteiger partial charge in [-0.25, -0.2) is 5.43 Å². The smallest absolute Gasteiger partial charge is 0.271 e. The van der Waals surface area contributed by atoms with Gasteiger partial charge in [0, 0.05) is 14.7 Å². The summed E-state index contributed by atoms with van der Waals surface area (Å²) in [5, 5.41) is 4.03. The molecule has 2 rings (SSSR count). The van der Waals surface area contributed by atoms with Gasteiger partial charge in [0.1, 0.15) is 0 Å². The highest BCUT2D eigenvalue weighted by molar-refractivity contribution is 14.1. The molecule has 0 aliphatic heterocycles. The van der Waals surface area contributed by atoms with Crippen LogP contribution in [-0.2, 0) is 0 Å². The molecule has 24 heavy (non-hydrogen) atoms. The van der Waals surface area contributed by atoms with Crippen LogP contribution in [0.4, 0.5) is 0 Å². The van der Waals surface area contributed by atoms with Crippen molar-refractivity contribution in [3.63, 3.8) is 0 Å². The summed E-state index contributed by atoms with van der Waals surface area (Å²) in [5.41, 5.74) is 3.81. The molecule has 0 aliphatic carbocycles. The largest absolute Gasteiger partial charge is 0.493 e. The molecule has 0 saturated heterocycles. The first-order valence-corrected chi connectivity index (χ1v) is 8.51. The molecule has 0 radical (unpaired) electrons. The summed E-state index contributed by atoms with van der Waals surface area (Å²) in [4.78, 5) is 12.1. The number of halogens is 1. The topological polar surface area (TPSA) is 59.9 Å². The van der Waals surface area contributed by atoms with E-state index in [4.69, 9.17) is 9.47 Å². The average molecular weight is 438 g/mol. The molecule has 0 aliphatic rings. The van der Waals surface area contributed by atoms with E-state index in [0.29, 0.717) is 17.1 Å². The summed E-state index contributed by atoms with van der Waals surface area (Å²) in [6.07, 6.45) is 1.54. The molecule has 6 heteroatoms. The Morgan fingerprint density at radius 1 is 1.25 bits per heavy atom. The van der Waals surface area contributed by atoms with Gasteiger partial charge in [-0.1, -0.05) is 12.1 Å². The Hall–Kier alpha value is -2.09. The Labute approximate surface area is 155 Å². The van der Waals surface area contributed by atoms with Crippen LogP contribution in [0.5, 0.6) is 11.5 Å². The molecular formula is C18H19IN2O3. The first-order valence-electron chi connectivity index (χ1n) is 7.44. The Kier molecular flexibility index (Phi) is 6.60. The van der Waals surface area contributed by atoms with Crippen molar-refractivity contribution in [1.29, 1.82) is 0 Å². The lowest BCUT2D eigenvalue weighted by molar-refractivity contribution is 0.0955. The SMILES string of the molecule is COc1cccc(/C=N\NC(=O)c2cccc(I)c2)c1OC(C)C. The van der Waals surface area contributed by atoms with E-state index in [2.05, 4.69) is 33.1 Å². The predicted molar refractivity (Wildman–Crippen MR) is 103 cm³/mol. The van der Waals surface area contributed by atoms with Crippen molar-refractivity contribution >= 4 is 34.7 Å². The fourth-order valence-electron chi connectivity index (χ4n) is 2.01. The normalized spacial score (nSPS) is 10.9. The highest BCUT2D eigenvalue weighted by Crippen LogP contribution is 2.30. The number of carbonyl (C=O) groups excluding carboxylic acids is 1. The van der Waals surface area contributed by atoms with Crippen LogP contribution >= 0.6 is 22.6 Å². The van der Waals surface area contributed by atoms with Crippen LogP contribution < -0.4 is 14.9 Å². The molecular weight excluding hydrogens is 419 g/mol. The van der Waals surface area contributed by atoms with Crippen LogP contribution in [0.25, 0.3) is 0 Å². The lowest BCUT2D eigenvalue weighted by atomic mass is 10.2. The maximum Gasteiger partial charge on any atom is 0.271 e. The van der Waals surface area contributed by atoms with E-state index < -0.39 is 0 Å². The van der Waals surface area contributed by atoms with Crippen LogP contribution in [0.15, 0.2) is 47.6 Å². The van der Waals surface area contributed by atoms with E-state index in [-0.39, 0.29) is 12.0 Å². The van der Waals surface area contributed by atoms with Gasteiger partial charge in [0.25, 0.3) is 5.91 Å². The van der Waals surface area contributed by atoms with E-state index in [0.717, 1.165) is 9.13 Å². The highest BCUT2D eigenvalue weighted by atomic mass is 127. The van der Waals surface area contributed by atoms with Gasteiger partial charge in [0.05, 0.1) is 19.4 Å². The Balaban J connectivity index is 2.15. The van der Waals surface area contributed by atoms with E-state index >= 15 is 0 Å². The molecule has 5 nitrogen and oxygen atoms in total. The van der Waals surface area contributed by atoms with Gasteiger partial charge in [0.15, 0.2) is 11.5 Å². The number of para-hydroxylation sites is 1. The quantitative estimate of drug-likeness (QED) is 0.424.